The van der Waals surface area contributed by atoms with Crippen LogP contribution in [0, 0.1) is 5.82 Å². The lowest BCUT2D eigenvalue weighted by atomic mass is 10.1. The number of hydrogen-bond acceptors (Lipinski definition) is 5. The minimum atomic E-state index is -0.747. The van der Waals surface area contributed by atoms with Crippen LogP contribution < -0.4 is 5.73 Å². The fourth-order valence-electron chi connectivity index (χ4n) is 1.97. The van der Waals surface area contributed by atoms with Gasteiger partial charge in [-0.3, -0.25) is 0 Å². The first-order valence-corrected chi connectivity index (χ1v) is 5.99. The van der Waals surface area contributed by atoms with Crippen molar-refractivity contribution in [1.29, 1.82) is 0 Å². The van der Waals surface area contributed by atoms with Gasteiger partial charge in [0.15, 0.2) is 11.5 Å². The van der Waals surface area contributed by atoms with Crippen LogP contribution in [-0.2, 0) is 7.05 Å². The van der Waals surface area contributed by atoms with E-state index in [0.29, 0.717) is 16.7 Å². The minimum absolute atomic E-state index is 0.108. The Kier molecular flexibility index (Phi) is 2.72. The maximum atomic E-state index is 14.2. The smallest absolute Gasteiger partial charge is 0.222 e. The molecular weight excluding hydrogens is 285 g/mol. The highest BCUT2D eigenvalue weighted by Crippen LogP contribution is 2.35. The Bertz CT molecular complexity index is 832. The van der Waals surface area contributed by atoms with E-state index in [2.05, 4.69) is 15.1 Å². The molecule has 3 rings (SSSR count). The van der Waals surface area contributed by atoms with Crippen molar-refractivity contribution in [2.24, 2.45) is 7.05 Å². The molecule has 0 fully saturated rings. The lowest BCUT2D eigenvalue weighted by Gasteiger charge is -2.03. The van der Waals surface area contributed by atoms with E-state index in [1.807, 2.05) is 0 Å². The molecule has 0 aliphatic carbocycles. The van der Waals surface area contributed by atoms with Gasteiger partial charge in [-0.05, 0) is 12.1 Å². The summed E-state index contributed by atoms with van der Waals surface area (Å²) < 4.78 is 15.6. The van der Waals surface area contributed by atoms with Crippen LogP contribution >= 0.6 is 11.6 Å². The molecule has 2 heterocycles. The molecular formula is C12H9ClFN5O. The van der Waals surface area contributed by atoms with E-state index in [1.54, 1.807) is 7.05 Å². The molecule has 0 saturated carbocycles. The normalized spacial score (nSPS) is 11.2. The summed E-state index contributed by atoms with van der Waals surface area (Å²) in [6.45, 7) is 0. The fourth-order valence-corrected chi connectivity index (χ4v) is 2.14. The van der Waals surface area contributed by atoms with Crippen molar-refractivity contribution >= 4 is 28.6 Å². The standard InChI is InChI=1S/C12H9ClFN5O/c1-19-11-6(4-16-12(15)17-11)10(18-19)5-2-3-7(20)8(13)9(5)14/h2-4,20H,1H3,(H2,15,16,17). The van der Waals surface area contributed by atoms with E-state index in [1.165, 1.54) is 23.0 Å². The molecule has 6 nitrogen and oxygen atoms in total. The Hall–Kier alpha value is -2.41. The number of benzene rings is 1. The quantitative estimate of drug-likeness (QED) is 0.717. The molecule has 0 amide bonds. The molecule has 3 aromatic rings. The topological polar surface area (TPSA) is 89.8 Å². The molecule has 0 aliphatic rings. The molecule has 0 unspecified atom stereocenters. The van der Waals surface area contributed by atoms with E-state index in [9.17, 15) is 9.50 Å². The molecule has 8 heteroatoms. The van der Waals surface area contributed by atoms with Gasteiger partial charge in [-0.2, -0.15) is 10.1 Å². The fraction of sp³-hybridized carbons (Fsp3) is 0.0833. The second-order valence-corrected chi connectivity index (χ2v) is 4.58. The summed E-state index contributed by atoms with van der Waals surface area (Å²) in [4.78, 5) is 7.94. The maximum absolute atomic E-state index is 14.2. The molecule has 102 valence electrons. The molecule has 0 saturated heterocycles. The monoisotopic (exact) mass is 293 g/mol. The first-order valence-electron chi connectivity index (χ1n) is 5.61. The Morgan fingerprint density at radius 1 is 1.40 bits per heavy atom. The van der Waals surface area contributed by atoms with Crippen molar-refractivity contribution in [2.75, 3.05) is 5.73 Å². The van der Waals surface area contributed by atoms with Crippen LogP contribution in [0.3, 0.4) is 0 Å². The van der Waals surface area contributed by atoms with Crippen molar-refractivity contribution in [3.05, 3.63) is 29.2 Å². The van der Waals surface area contributed by atoms with Gasteiger partial charge in [0.1, 0.15) is 16.5 Å². The van der Waals surface area contributed by atoms with Gasteiger partial charge in [0.2, 0.25) is 5.95 Å². The number of rotatable bonds is 1. The number of nitrogens with two attached hydrogens (primary N) is 1. The predicted molar refractivity (Wildman–Crippen MR) is 72.8 cm³/mol. The van der Waals surface area contributed by atoms with Gasteiger partial charge < -0.3 is 10.8 Å². The van der Waals surface area contributed by atoms with Crippen LogP contribution in [0.1, 0.15) is 0 Å². The Morgan fingerprint density at radius 3 is 2.90 bits per heavy atom. The third kappa shape index (κ3) is 1.75. The summed E-state index contributed by atoms with van der Waals surface area (Å²) in [5.41, 5.74) is 6.50. The number of halogens is 2. The van der Waals surface area contributed by atoms with Crippen LogP contribution in [0.25, 0.3) is 22.3 Å². The lowest BCUT2D eigenvalue weighted by molar-refractivity contribution is 0.470. The summed E-state index contributed by atoms with van der Waals surface area (Å²) in [7, 11) is 1.66. The number of anilines is 1. The molecule has 0 aliphatic heterocycles. The zero-order chi connectivity index (χ0) is 14.4. The van der Waals surface area contributed by atoms with Crippen LogP contribution in [0.5, 0.6) is 5.75 Å². The highest BCUT2D eigenvalue weighted by atomic mass is 35.5. The minimum Gasteiger partial charge on any atom is -0.506 e. The van der Waals surface area contributed by atoms with Gasteiger partial charge >= 0.3 is 0 Å². The number of fused-ring (bicyclic) bond motifs is 1. The van der Waals surface area contributed by atoms with Crippen LogP contribution in [-0.4, -0.2) is 24.9 Å². The highest BCUT2D eigenvalue weighted by molar-refractivity contribution is 6.32. The summed E-state index contributed by atoms with van der Waals surface area (Å²) in [6.07, 6.45) is 1.47. The van der Waals surface area contributed by atoms with E-state index in [4.69, 9.17) is 17.3 Å². The van der Waals surface area contributed by atoms with Crippen molar-refractivity contribution in [3.8, 4) is 17.0 Å². The predicted octanol–water partition coefficient (Wildman–Crippen LogP) is 2.11. The van der Waals surface area contributed by atoms with Gasteiger partial charge in [-0.1, -0.05) is 11.6 Å². The molecule has 1 aromatic carbocycles. The molecule has 0 spiro atoms. The van der Waals surface area contributed by atoms with Gasteiger partial charge in [-0.15, -0.1) is 0 Å². The number of phenols is 1. The summed E-state index contributed by atoms with van der Waals surface area (Å²) in [5, 5.41) is 13.8. The second-order valence-electron chi connectivity index (χ2n) is 4.20. The van der Waals surface area contributed by atoms with Gasteiger partial charge in [-0.25, -0.2) is 14.1 Å². The lowest BCUT2D eigenvalue weighted by Crippen LogP contribution is -1.97. The highest BCUT2D eigenvalue weighted by Gasteiger charge is 2.19. The van der Waals surface area contributed by atoms with Crippen LogP contribution in [0.2, 0.25) is 5.02 Å². The van der Waals surface area contributed by atoms with E-state index in [0.717, 1.165) is 0 Å². The third-order valence-corrected chi connectivity index (χ3v) is 3.28. The molecule has 3 N–H and O–H groups in total. The maximum Gasteiger partial charge on any atom is 0.222 e. The molecule has 20 heavy (non-hydrogen) atoms. The number of aromatic hydroxyl groups is 1. The number of nitrogen functional groups attached to an aromatic ring is 1. The van der Waals surface area contributed by atoms with Crippen LogP contribution in [0.4, 0.5) is 10.3 Å². The average molecular weight is 294 g/mol. The van der Waals surface area contributed by atoms with Crippen molar-refractivity contribution < 1.29 is 9.50 Å². The summed E-state index contributed by atoms with van der Waals surface area (Å²) in [6, 6.07) is 2.70. The molecule has 0 atom stereocenters. The first kappa shape index (κ1) is 12.6. The van der Waals surface area contributed by atoms with Gasteiger partial charge in [0.05, 0.1) is 5.39 Å². The van der Waals surface area contributed by atoms with Crippen molar-refractivity contribution in [3.63, 3.8) is 0 Å². The average Bonchev–Trinajstić information content (AvgIpc) is 2.73. The number of hydrogen-bond donors (Lipinski definition) is 2. The summed E-state index contributed by atoms with van der Waals surface area (Å²) >= 11 is 5.71. The van der Waals surface area contributed by atoms with Gasteiger partial charge in [0.25, 0.3) is 0 Å². The van der Waals surface area contributed by atoms with Crippen molar-refractivity contribution in [2.45, 2.75) is 0 Å². The largest absolute Gasteiger partial charge is 0.506 e. The SMILES string of the molecule is Cn1nc(-c2ccc(O)c(Cl)c2F)c2cnc(N)nc21. The second kappa shape index (κ2) is 4.31. The van der Waals surface area contributed by atoms with Crippen LogP contribution in [0.15, 0.2) is 18.3 Å². The molecule has 0 bridgehead atoms. The Morgan fingerprint density at radius 2 is 2.15 bits per heavy atom. The number of nitrogens with zero attached hydrogens (tertiary/aromatic N) is 4. The number of aromatic nitrogens is 4. The van der Waals surface area contributed by atoms with E-state index >= 15 is 0 Å². The molecule has 0 radical (unpaired) electrons. The third-order valence-electron chi connectivity index (χ3n) is 2.92. The summed E-state index contributed by atoms with van der Waals surface area (Å²) in [5.74, 6) is -0.964. The van der Waals surface area contributed by atoms with Crippen molar-refractivity contribution in [1.82, 2.24) is 19.7 Å². The molecule has 2 aromatic heterocycles. The van der Waals surface area contributed by atoms with E-state index in [-0.39, 0.29) is 22.3 Å². The first-order chi connectivity index (χ1) is 9.49. The van der Waals surface area contributed by atoms with E-state index < -0.39 is 5.82 Å². The van der Waals surface area contributed by atoms with Gasteiger partial charge in [0, 0.05) is 18.8 Å². The Balaban J connectivity index is 2.33. The zero-order valence-electron chi connectivity index (χ0n) is 10.3. The Labute approximate surface area is 117 Å². The number of phenolic OH excluding ortho intramolecular Hbond substituents is 1. The number of aryl methyl sites for hydroxylation is 1. The zero-order valence-corrected chi connectivity index (χ0v) is 11.1.